The summed E-state index contributed by atoms with van der Waals surface area (Å²) >= 11 is 14.2. The third-order valence-corrected chi connectivity index (χ3v) is 5.07. The van der Waals surface area contributed by atoms with Crippen molar-refractivity contribution in [3.05, 3.63) is 68.6 Å². The van der Waals surface area contributed by atoms with Gasteiger partial charge in [0.15, 0.2) is 5.82 Å². The second-order valence-corrected chi connectivity index (χ2v) is 8.10. The SMILES string of the molecule is O=C(Cn1nc(-c2ccc(Cl)cc2Cl)n(-c2ccc(C(F)(F)F)cc2)c1=O)OCCI. The molecule has 0 aliphatic rings. The highest BCUT2D eigenvalue weighted by Crippen LogP contribution is 2.32. The summed E-state index contributed by atoms with van der Waals surface area (Å²) in [6.07, 6.45) is -4.53. The van der Waals surface area contributed by atoms with Gasteiger partial charge in [-0.3, -0.25) is 4.79 Å². The maximum Gasteiger partial charge on any atom is 0.416 e. The first kappa shape index (κ1) is 23.6. The molecule has 0 spiro atoms. The Bertz CT molecular complexity index is 1160. The van der Waals surface area contributed by atoms with Gasteiger partial charge in [0.2, 0.25) is 0 Å². The smallest absolute Gasteiger partial charge is 0.416 e. The zero-order valence-corrected chi connectivity index (χ0v) is 19.2. The summed E-state index contributed by atoms with van der Waals surface area (Å²) in [5.41, 5.74) is -1.19. The molecule has 0 fully saturated rings. The fourth-order valence-corrected chi connectivity index (χ4v) is 3.42. The zero-order valence-electron chi connectivity index (χ0n) is 15.5. The molecular weight excluding hydrogens is 573 g/mol. The summed E-state index contributed by atoms with van der Waals surface area (Å²) in [5.74, 6) is -0.641. The van der Waals surface area contributed by atoms with Crippen molar-refractivity contribution in [2.45, 2.75) is 12.7 Å². The first-order chi connectivity index (χ1) is 14.6. The minimum atomic E-state index is -4.53. The highest BCUT2D eigenvalue weighted by Gasteiger charge is 2.30. The Kier molecular flexibility index (Phi) is 7.32. The van der Waals surface area contributed by atoms with Crippen molar-refractivity contribution in [3.63, 3.8) is 0 Å². The molecule has 1 heterocycles. The maximum atomic E-state index is 13.0. The van der Waals surface area contributed by atoms with E-state index in [1.165, 1.54) is 18.2 Å². The monoisotopic (exact) mass is 585 g/mol. The van der Waals surface area contributed by atoms with Crippen LogP contribution in [0, 0.1) is 0 Å². The molecule has 3 aromatic rings. The Labute approximate surface area is 197 Å². The van der Waals surface area contributed by atoms with Crippen LogP contribution in [0.1, 0.15) is 5.56 Å². The largest absolute Gasteiger partial charge is 0.463 e. The van der Waals surface area contributed by atoms with Crippen LogP contribution in [0.15, 0.2) is 47.3 Å². The fourth-order valence-electron chi connectivity index (χ4n) is 2.71. The lowest BCUT2D eigenvalue weighted by atomic mass is 10.1. The fraction of sp³-hybridized carbons (Fsp3) is 0.211. The molecule has 0 aliphatic heterocycles. The molecule has 164 valence electrons. The van der Waals surface area contributed by atoms with E-state index >= 15 is 0 Å². The van der Waals surface area contributed by atoms with Crippen molar-refractivity contribution in [1.82, 2.24) is 14.3 Å². The van der Waals surface area contributed by atoms with Crippen LogP contribution in [0.2, 0.25) is 10.0 Å². The van der Waals surface area contributed by atoms with Gasteiger partial charge in [0.25, 0.3) is 0 Å². The molecule has 0 radical (unpaired) electrons. The molecule has 12 heteroatoms. The topological polar surface area (TPSA) is 66.1 Å². The summed E-state index contributed by atoms with van der Waals surface area (Å²) in [6, 6.07) is 8.45. The van der Waals surface area contributed by atoms with Gasteiger partial charge in [0.1, 0.15) is 13.2 Å². The van der Waals surface area contributed by atoms with Crippen LogP contribution in [-0.2, 0) is 22.3 Å². The van der Waals surface area contributed by atoms with E-state index in [2.05, 4.69) is 5.10 Å². The first-order valence-electron chi connectivity index (χ1n) is 8.66. The average molecular weight is 586 g/mol. The van der Waals surface area contributed by atoms with Crippen molar-refractivity contribution in [2.75, 3.05) is 11.0 Å². The van der Waals surface area contributed by atoms with Crippen LogP contribution in [0.3, 0.4) is 0 Å². The summed E-state index contributed by atoms with van der Waals surface area (Å²) < 4.78 is 46.2. The number of halogens is 6. The van der Waals surface area contributed by atoms with Crippen LogP contribution < -0.4 is 5.69 Å². The minimum absolute atomic E-state index is 0.0353. The van der Waals surface area contributed by atoms with Gasteiger partial charge in [-0.25, -0.2) is 14.0 Å². The summed E-state index contributed by atoms with van der Waals surface area (Å²) in [7, 11) is 0. The Morgan fingerprint density at radius 2 is 1.81 bits per heavy atom. The van der Waals surface area contributed by atoms with Crippen LogP contribution in [0.5, 0.6) is 0 Å². The number of ether oxygens (including phenoxy) is 1. The number of rotatable bonds is 6. The maximum absolute atomic E-state index is 13.0. The molecule has 2 aromatic carbocycles. The molecule has 6 nitrogen and oxygen atoms in total. The van der Waals surface area contributed by atoms with Crippen molar-refractivity contribution < 1.29 is 22.7 Å². The Morgan fingerprint density at radius 3 is 2.39 bits per heavy atom. The van der Waals surface area contributed by atoms with Crippen LogP contribution in [0.4, 0.5) is 13.2 Å². The number of alkyl halides is 4. The predicted octanol–water partition coefficient (Wildman–Crippen LogP) is 5.00. The number of nitrogens with zero attached hydrogens (tertiary/aromatic N) is 3. The molecule has 0 saturated carbocycles. The van der Waals surface area contributed by atoms with E-state index < -0.39 is 29.9 Å². The Morgan fingerprint density at radius 1 is 1.13 bits per heavy atom. The highest BCUT2D eigenvalue weighted by molar-refractivity contribution is 14.1. The van der Waals surface area contributed by atoms with E-state index in [1.54, 1.807) is 0 Å². The van der Waals surface area contributed by atoms with Crippen molar-refractivity contribution in [2.24, 2.45) is 0 Å². The molecular formula is C19H13Cl2F3IN3O3. The molecule has 0 saturated heterocycles. The predicted molar refractivity (Wildman–Crippen MR) is 118 cm³/mol. The number of hydrogen-bond acceptors (Lipinski definition) is 4. The number of aromatic nitrogens is 3. The number of benzene rings is 2. The van der Waals surface area contributed by atoms with E-state index in [0.717, 1.165) is 33.5 Å². The van der Waals surface area contributed by atoms with Crippen LogP contribution in [0.25, 0.3) is 17.1 Å². The van der Waals surface area contributed by atoms with Gasteiger partial charge in [0.05, 0.1) is 16.3 Å². The van der Waals surface area contributed by atoms with Crippen LogP contribution >= 0.6 is 45.8 Å². The van der Waals surface area contributed by atoms with Gasteiger partial charge in [-0.1, -0.05) is 45.8 Å². The van der Waals surface area contributed by atoms with E-state index in [4.69, 9.17) is 27.9 Å². The molecule has 3 rings (SSSR count). The highest BCUT2D eigenvalue weighted by atomic mass is 127. The molecule has 0 bridgehead atoms. The molecule has 0 unspecified atom stereocenters. The zero-order chi connectivity index (χ0) is 22.8. The van der Waals surface area contributed by atoms with Crippen molar-refractivity contribution in [3.8, 4) is 17.1 Å². The molecule has 0 aliphatic carbocycles. The number of carbonyl (C=O) groups excluding carboxylic acids is 1. The first-order valence-corrected chi connectivity index (χ1v) is 10.9. The normalized spacial score (nSPS) is 11.5. The van der Waals surface area contributed by atoms with Crippen molar-refractivity contribution in [1.29, 1.82) is 0 Å². The quantitative estimate of drug-likeness (QED) is 0.232. The average Bonchev–Trinajstić information content (AvgIpc) is 3.01. The van der Waals surface area contributed by atoms with Gasteiger partial charge < -0.3 is 4.74 Å². The number of carbonyl (C=O) groups is 1. The summed E-state index contributed by atoms with van der Waals surface area (Å²) in [5, 5.41) is 4.70. The lowest BCUT2D eigenvalue weighted by molar-refractivity contribution is -0.144. The third kappa shape index (κ3) is 5.42. The molecule has 0 amide bonds. The molecule has 0 atom stereocenters. The van der Waals surface area contributed by atoms with Crippen LogP contribution in [-0.4, -0.2) is 31.4 Å². The molecule has 1 aromatic heterocycles. The summed E-state index contributed by atoms with van der Waals surface area (Å²) in [6.45, 7) is -0.301. The van der Waals surface area contributed by atoms with E-state index in [0.29, 0.717) is 15.0 Å². The van der Waals surface area contributed by atoms with E-state index in [9.17, 15) is 22.8 Å². The van der Waals surface area contributed by atoms with Crippen molar-refractivity contribution >= 4 is 51.8 Å². The van der Waals surface area contributed by atoms with E-state index in [-0.39, 0.29) is 23.1 Å². The second-order valence-electron chi connectivity index (χ2n) is 6.18. The second kappa shape index (κ2) is 9.61. The lowest BCUT2D eigenvalue weighted by Crippen LogP contribution is -2.28. The van der Waals surface area contributed by atoms with Gasteiger partial charge >= 0.3 is 17.8 Å². The number of esters is 1. The number of hydrogen-bond donors (Lipinski definition) is 0. The molecule has 31 heavy (non-hydrogen) atoms. The standard InChI is InChI=1S/C19H13Cl2F3IN3O3/c20-12-3-6-14(15(21)9-12)17-26-27(10-16(29)31-8-7-25)18(30)28(17)13-4-1-11(2-5-13)19(22,23)24/h1-6,9H,7-8,10H2. The minimum Gasteiger partial charge on any atom is -0.463 e. The van der Waals surface area contributed by atoms with Gasteiger partial charge in [-0.2, -0.15) is 13.2 Å². The summed E-state index contributed by atoms with van der Waals surface area (Å²) in [4.78, 5) is 25.0. The Balaban J connectivity index is 2.13. The van der Waals surface area contributed by atoms with Gasteiger partial charge in [0, 0.05) is 15.0 Å². The lowest BCUT2D eigenvalue weighted by Gasteiger charge is -2.10. The van der Waals surface area contributed by atoms with Gasteiger partial charge in [-0.05, 0) is 42.5 Å². The molecule has 0 N–H and O–H groups in total. The Hall–Kier alpha value is -2.05. The van der Waals surface area contributed by atoms with E-state index in [1.807, 2.05) is 22.6 Å². The third-order valence-electron chi connectivity index (χ3n) is 4.08. The van der Waals surface area contributed by atoms with Gasteiger partial charge in [-0.15, -0.1) is 5.10 Å².